The van der Waals surface area contributed by atoms with Gasteiger partial charge >= 0.3 is 0 Å². The number of rotatable bonds is 1. The molecule has 0 saturated carbocycles. The lowest BCUT2D eigenvalue weighted by molar-refractivity contribution is 0.436. The van der Waals surface area contributed by atoms with Gasteiger partial charge in [0.1, 0.15) is 7.85 Å². The van der Waals surface area contributed by atoms with Gasteiger partial charge in [-0.15, -0.1) is 0 Å². The monoisotopic (exact) mass is 110 g/mol. The Morgan fingerprint density at radius 3 is 2.88 bits per heavy atom. The number of hydrogen-bond acceptors (Lipinski definition) is 2. The van der Waals surface area contributed by atoms with Gasteiger partial charge in [0.25, 0.3) is 6.01 Å². The third-order valence-electron chi connectivity index (χ3n) is 0.996. The summed E-state index contributed by atoms with van der Waals surface area (Å²) in [5.74, 6) is 0. The second kappa shape index (κ2) is 1.90. The molecule has 0 aromatic carbocycles. The number of aromatic amines is 1. The van der Waals surface area contributed by atoms with Crippen molar-refractivity contribution in [1.82, 2.24) is 9.97 Å². The highest BCUT2D eigenvalue weighted by atomic mass is 16.3. The zero-order valence-electron chi connectivity index (χ0n) is 4.68. The quantitative estimate of drug-likeness (QED) is 0.467. The molecule has 1 rings (SSSR count). The number of aromatic nitrogens is 2. The maximum Gasteiger partial charge on any atom is 0.291 e. The van der Waals surface area contributed by atoms with Crippen molar-refractivity contribution in [2.75, 3.05) is 0 Å². The number of H-pyrrole nitrogens is 1. The Morgan fingerprint density at radius 2 is 2.62 bits per heavy atom. The topological polar surface area (TPSA) is 48.9 Å². The Bertz CT molecular complexity index is 174. The van der Waals surface area contributed by atoms with Crippen LogP contribution >= 0.6 is 0 Å². The summed E-state index contributed by atoms with van der Waals surface area (Å²) in [6.45, 7) is 0. The van der Waals surface area contributed by atoms with Crippen LogP contribution in [0.1, 0.15) is 5.69 Å². The molecular weight excluding hydrogens is 103 g/mol. The van der Waals surface area contributed by atoms with Crippen molar-refractivity contribution in [2.45, 2.75) is 6.32 Å². The van der Waals surface area contributed by atoms with Crippen molar-refractivity contribution in [3.05, 3.63) is 11.9 Å². The number of aromatic hydroxyl groups is 1. The fourth-order valence-corrected chi connectivity index (χ4v) is 0.527. The van der Waals surface area contributed by atoms with Crippen LogP contribution in [0.25, 0.3) is 0 Å². The molecule has 42 valence electrons. The standard InChI is InChI=1S/C4H7BN2O/c5-1-3-2-6-4(8)7-3/h2H,1,5H2,(H2,6,7,8). The van der Waals surface area contributed by atoms with Crippen LogP contribution < -0.4 is 0 Å². The molecular formula is C4H7BN2O. The molecule has 0 bridgehead atoms. The first kappa shape index (κ1) is 5.22. The molecule has 0 aliphatic rings. The maximum atomic E-state index is 8.62. The van der Waals surface area contributed by atoms with Gasteiger partial charge in [0.05, 0.1) is 6.20 Å². The van der Waals surface area contributed by atoms with Crippen molar-refractivity contribution >= 4 is 7.85 Å². The average Bonchev–Trinajstić information content (AvgIpc) is 2.14. The van der Waals surface area contributed by atoms with Crippen LogP contribution in [0.3, 0.4) is 0 Å². The van der Waals surface area contributed by atoms with Gasteiger partial charge in [-0.2, -0.15) is 0 Å². The Labute approximate surface area is 48.2 Å². The van der Waals surface area contributed by atoms with E-state index in [2.05, 4.69) is 9.97 Å². The van der Waals surface area contributed by atoms with E-state index in [-0.39, 0.29) is 6.01 Å². The van der Waals surface area contributed by atoms with Gasteiger partial charge in [0.15, 0.2) is 0 Å². The first-order valence-electron chi connectivity index (χ1n) is 2.55. The lowest BCUT2D eigenvalue weighted by atomic mass is 10.0. The van der Waals surface area contributed by atoms with Crippen molar-refractivity contribution < 1.29 is 5.11 Å². The van der Waals surface area contributed by atoms with E-state index < -0.39 is 0 Å². The SMILES string of the molecule is BCc1cnc(O)[nH]1. The number of hydrogen-bond donors (Lipinski definition) is 2. The maximum absolute atomic E-state index is 8.62. The molecule has 2 N–H and O–H groups in total. The minimum absolute atomic E-state index is 0.00171. The van der Waals surface area contributed by atoms with E-state index in [1.165, 1.54) is 0 Å². The number of nitrogens with zero attached hydrogens (tertiary/aromatic N) is 1. The number of nitrogens with one attached hydrogen (secondary N) is 1. The molecule has 1 aromatic heterocycles. The van der Waals surface area contributed by atoms with Gasteiger partial charge < -0.3 is 10.1 Å². The van der Waals surface area contributed by atoms with Crippen LogP contribution in [0.2, 0.25) is 0 Å². The van der Waals surface area contributed by atoms with Crippen LogP contribution in [0.15, 0.2) is 6.20 Å². The smallest absolute Gasteiger partial charge is 0.291 e. The molecule has 4 heteroatoms. The van der Waals surface area contributed by atoms with Crippen LogP contribution in [-0.2, 0) is 6.32 Å². The summed E-state index contributed by atoms with van der Waals surface area (Å²) >= 11 is 0. The van der Waals surface area contributed by atoms with Gasteiger partial charge in [-0.25, -0.2) is 4.98 Å². The molecule has 0 unspecified atom stereocenters. The first-order chi connectivity index (χ1) is 3.83. The highest BCUT2D eigenvalue weighted by molar-refractivity contribution is 6.08. The van der Waals surface area contributed by atoms with Crippen molar-refractivity contribution in [1.29, 1.82) is 0 Å². The summed E-state index contributed by atoms with van der Waals surface area (Å²) in [5.41, 5.74) is 0.961. The molecule has 0 aliphatic heterocycles. The molecule has 0 aliphatic carbocycles. The van der Waals surface area contributed by atoms with Gasteiger partial charge in [0.2, 0.25) is 0 Å². The predicted molar refractivity (Wildman–Crippen MR) is 32.5 cm³/mol. The van der Waals surface area contributed by atoms with E-state index in [0.717, 1.165) is 12.0 Å². The van der Waals surface area contributed by atoms with Gasteiger partial charge in [-0.1, -0.05) is 0 Å². The predicted octanol–water partition coefficient (Wildman–Crippen LogP) is -0.752. The molecule has 0 spiro atoms. The lowest BCUT2D eigenvalue weighted by Crippen LogP contribution is -1.79. The Hall–Kier alpha value is -0.925. The minimum Gasteiger partial charge on any atom is -0.480 e. The van der Waals surface area contributed by atoms with Gasteiger partial charge in [0, 0.05) is 5.69 Å². The lowest BCUT2D eigenvalue weighted by Gasteiger charge is -1.81. The summed E-state index contributed by atoms with van der Waals surface area (Å²) < 4.78 is 0. The van der Waals surface area contributed by atoms with E-state index >= 15 is 0 Å². The van der Waals surface area contributed by atoms with Crippen LogP contribution in [0.4, 0.5) is 0 Å². The van der Waals surface area contributed by atoms with E-state index in [0.29, 0.717) is 0 Å². The summed E-state index contributed by atoms with van der Waals surface area (Å²) in [4.78, 5) is 6.26. The third-order valence-corrected chi connectivity index (χ3v) is 0.996. The van der Waals surface area contributed by atoms with E-state index in [1.807, 2.05) is 7.85 Å². The molecule has 0 amide bonds. The summed E-state index contributed by atoms with van der Waals surface area (Å²) in [7, 11) is 1.99. The molecule has 0 saturated heterocycles. The summed E-state index contributed by atoms with van der Waals surface area (Å²) in [6, 6.07) is 0.00171. The normalized spacial score (nSPS) is 9.50. The van der Waals surface area contributed by atoms with E-state index in [4.69, 9.17) is 5.11 Å². The zero-order valence-corrected chi connectivity index (χ0v) is 4.68. The summed E-state index contributed by atoms with van der Waals surface area (Å²) in [5, 5.41) is 8.62. The van der Waals surface area contributed by atoms with Crippen LogP contribution in [0, 0.1) is 0 Å². The molecule has 1 aromatic rings. The number of imidazole rings is 1. The molecule has 0 radical (unpaired) electrons. The Balaban J connectivity index is 2.84. The van der Waals surface area contributed by atoms with E-state index in [1.54, 1.807) is 6.20 Å². The Kier molecular flexibility index (Phi) is 1.24. The van der Waals surface area contributed by atoms with Crippen LogP contribution in [0.5, 0.6) is 6.01 Å². The molecule has 1 heterocycles. The molecule has 8 heavy (non-hydrogen) atoms. The van der Waals surface area contributed by atoms with Gasteiger partial charge in [-0.3, -0.25) is 0 Å². The zero-order chi connectivity index (χ0) is 5.98. The van der Waals surface area contributed by atoms with Crippen molar-refractivity contribution in [3.63, 3.8) is 0 Å². The van der Waals surface area contributed by atoms with Gasteiger partial charge in [-0.05, 0) is 6.32 Å². The second-order valence-corrected chi connectivity index (χ2v) is 1.59. The van der Waals surface area contributed by atoms with Crippen LogP contribution in [-0.4, -0.2) is 22.9 Å². The van der Waals surface area contributed by atoms with E-state index in [9.17, 15) is 0 Å². The average molecular weight is 110 g/mol. The summed E-state index contributed by atoms with van der Waals surface area (Å²) in [6.07, 6.45) is 2.50. The largest absolute Gasteiger partial charge is 0.480 e. The Morgan fingerprint density at radius 1 is 1.88 bits per heavy atom. The molecule has 0 atom stereocenters. The molecule has 0 fully saturated rings. The second-order valence-electron chi connectivity index (χ2n) is 1.59. The third kappa shape index (κ3) is 0.830. The highest BCUT2D eigenvalue weighted by Gasteiger charge is 1.91. The minimum atomic E-state index is 0.00171. The van der Waals surface area contributed by atoms with Crippen molar-refractivity contribution in [3.8, 4) is 6.01 Å². The van der Waals surface area contributed by atoms with Crippen molar-refractivity contribution in [2.24, 2.45) is 0 Å². The first-order valence-corrected chi connectivity index (χ1v) is 2.55. The fraction of sp³-hybridized carbons (Fsp3) is 0.250. The molecule has 3 nitrogen and oxygen atoms in total. The fourth-order valence-electron chi connectivity index (χ4n) is 0.527. The highest BCUT2D eigenvalue weighted by Crippen LogP contribution is 1.99.